The molecule has 1 unspecified atom stereocenters. The molecule has 1 N–H and O–H groups in total. The Kier molecular flexibility index (Phi) is 3.38. The molecule has 0 aliphatic carbocycles. The number of hydrogen-bond acceptors (Lipinski definition) is 3. The fraction of sp³-hybridized carbons (Fsp3) is 0.294. The summed E-state index contributed by atoms with van der Waals surface area (Å²) < 4.78 is 7.64. The van der Waals surface area contributed by atoms with E-state index in [1.807, 2.05) is 59.1 Å². The topological polar surface area (TPSA) is 63.1 Å². The Balaban J connectivity index is 1.72. The van der Waals surface area contributed by atoms with Crippen LogP contribution in [0, 0.1) is 0 Å². The quantitative estimate of drug-likeness (QED) is 0.788. The van der Waals surface area contributed by atoms with Gasteiger partial charge in [-0.2, -0.15) is 5.10 Å². The number of nitrogens with zero attached hydrogens (tertiary/aromatic N) is 3. The Morgan fingerprint density at radius 1 is 1.30 bits per heavy atom. The summed E-state index contributed by atoms with van der Waals surface area (Å²) >= 11 is 0. The molecule has 2 aromatic heterocycles. The van der Waals surface area contributed by atoms with Crippen molar-refractivity contribution in [3.8, 4) is 0 Å². The van der Waals surface area contributed by atoms with Crippen LogP contribution in [0.3, 0.4) is 0 Å². The van der Waals surface area contributed by atoms with Crippen molar-refractivity contribution in [2.75, 3.05) is 19.8 Å². The molecule has 0 radical (unpaired) electrons. The highest BCUT2D eigenvalue weighted by molar-refractivity contribution is 6.04. The molecule has 1 saturated heterocycles. The van der Waals surface area contributed by atoms with Crippen LogP contribution < -0.4 is 0 Å². The second kappa shape index (κ2) is 5.55. The summed E-state index contributed by atoms with van der Waals surface area (Å²) in [5, 5.41) is 8.04. The molecule has 1 atom stereocenters. The number of rotatable bonds is 2. The lowest BCUT2D eigenvalue weighted by Crippen LogP contribution is -2.44. The fourth-order valence-corrected chi connectivity index (χ4v) is 3.17. The lowest BCUT2D eigenvalue weighted by atomic mass is 10.1. The molecule has 0 saturated carbocycles. The number of carbonyl (C=O) groups is 1. The van der Waals surface area contributed by atoms with Gasteiger partial charge in [-0.05, 0) is 18.2 Å². The molecule has 1 aliphatic rings. The molecule has 3 heterocycles. The first kappa shape index (κ1) is 14.0. The van der Waals surface area contributed by atoms with Gasteiger partial charge in [0.05, 0.1) is 24.8 Å². The normalized spacial score (nSPS) is 18.5. The average Bonchev–Trinajstić information content (AvgIpc) is 3.20. The molecule has 1 fully saturated rings. The standard InChI is InChI=1S/C17H18N4O2/c1-20-8-4-7-14(20)15-11-23-10-9-21(15)17(22)16-12-5-2-3-6-13(12)18-19-16/h2-8,15H,9-11H2,1H3,(H,18,19). The number of fused-ring (bicyclic) bond motifs is 1. The van der Waals surface area contributed by atoms with E-state index in [0.29, 0.717) is 25.5 Å². The van der Waals surface area contributed by atoms with Crippen molar-refractivity contribution in [1.82, 2.24) is 19.7 Å². The third-order valence-electron chi connectivity index (χ3n) is 4.39. The molecule has 1 amide bonds. The highest BCUT2D eigenvalue weighted by Gasteiger charge is 2.32. The fourth-order valence-electron chi connectivity index (χ4n) is 3.17. The molecule has 0 bridgehead atoms. The van der Waals surface area contributed by atoms with Crippen LogP contribution in [0.25, 0.3) is 10.9 Å². The van der Waals surface area contributed by atoms with Crippen LogP contribution in [0.2, 0.25) is 0 Å². The number of aromatic nitrogens is 3. The predicted molar refractivity (Wildman–Crippen MR) is 86.1 cm³/mol. The number of H-pyrrole nitrogens is 1. The number of hydrogen-bond donors (Lipinski definition) is 1. The van der Waals surface area contributed by atoms with Crippen LogP contribution in [0.1, 0.15) is 22.2 Å². The van der Waals surface area contributed by atoms with Crippen LogP contribution >= 0.6 is 0 Å². The zero-order valence-electron chi connectivity index (χ0n) is 12.9. The average molecular weight is 310 g/mol. The van der Waals surface area contributed by atoms with Crippen molar-refractivity contribution in [1.29, 1.82) is 0 Å². The summed E-state index contributed by atoms with van der Waals surface area (Å²) in [4.78, 5) is 14.9. The van der Waals surface area contributed by atoms with Crippen LogP contribution in [-0.2, 0) is 11.8 Å². The van der Waals surface area contributed by atoms with Gasteiger partial charge in [0.2, 0.25) is 0 Å². The molecule has 6 heteroatoms. The highest BCUT2D eigenvalue weighted by atomic mass is 16.5. The Bertz CT molecular complexity index is 851. The summed E-state index contributed by atoms with van der Waals surface area (Å²) in [6.45, 7) is 1.62. The number of para-hydroxylation sites is 1. The maximum absolute atomic E-state index is 13.1. The maximum Gasteiger partial charge on any atom is 0.275 e. The molecule has 1 aliphatic heterocycles. The van der Waals surface area contributed by atoms with Gasteiger partial charge >= 0.3 is 0 Å². The molecular weight excluding hydrogens is 292 g/mol. The molecule has 118 valence electrons. The molecule has 3 aromatic rings. The SMILES string of the molecule is Cn1cccc1C1COCCN1C(=O)c1n[nH]c2ccccc12. The third-order valence-corrected chi connectivity index (χ3v) is 4.39. The van der Waals surface area contributed by atoms with E-state index in [1.165, 1.54) is 0 Å². The summed E-state index contributed by atoms with van der Waals surface area (Å²) in [5.74, 6) is -0.0584. The van der Waals surface area contributed by atoms with E-state index in [9.17, 15) is 4.79 Å². The van der Waals surface area contributed by atoms with Crippen molar-refractivity contribution in [2.45, 2.75) is 6.04 Å². The highest BCUT2D eigenvalue weighted by Crippen LogP contribution is 2.27. The van der Waals surface area contributed by atoms with Crippen molar-refractivity contribution >= 4 is 16.8 Å². The summed E-state index contributed by atoms with van der Waals surface area (Å²) in [6, 6.07) is 11.6. The summed E-state index contributed by atoms with van der Waals surface area (Å²) in [5.41, 5.74) is 2.42. The van der Waals surface area contributed by atoms with Crippen molar-refractivity contribution < 1.29 is 9.53 Å². The monoisotopic (exact) mass is 310 g/mol. The van der Waals surface area contributed by atoms with Crippen LogP contribution in [0.5, 0.6) is 0 Å². The number of amides is 1. The largest absolute Gasteiger partial charge is 0.377 e. The summed E-state index contributed by atoms with van der Waals surface area (Å²) in [7, 11) is 1.98. The Morgan fingerprint density at radius 3 is 3.00 bits per heavy atom. The predicted octanol–water partition coefficient (Wildman–Crippen LogP) is 2.12. The Morgan fingerprint density at radius 2 is 2.17 bits per heavy atom. The minimum absolute atomic E-state index is 0.0584. The lowest BCUT2D eigenvalue weighted by Gasteiger charge is -2.35. The van der Waals surface area contributed by atoms with Gasteiger partial charge in [-0.25, -0.2) is 0 Å². The lowest BCUT2D eigenvalue weighted by molar-refractivity contribution is -0.00484. The summed E-state index contributed by atoms with van der Waals surface area (Å²) in [6.07, 6.45) is 1.98. The first-order valence-corrected chi connectivity index (χ1v) is 7.69. The second-order valence-electron chi connectivity index (χ2n) is 5.75. The molecule has 1 aromatic carbocycles. The molecular formula is C17H18N4O2. The van der Waals surface area contributed by atoms with E-state index in [-0.39, 0.29) is 11.9 Å². The smallest absolute Gasteiger partial charge is 0.275 e. The number of aryl methyl sites for hydroxylation is 1. The minimum atomic E-state index is -0.0910. The minimum Gasteiger partial charge on any atom is -0.377 e. The van der Waals surface area contributed by atoms with E-state index in [4.69, 9.17) is 4.74 Å². The zero-order chi connectivity index (χ0) is 15.8. The van der Waals surface area contributed by atoms with Crippen LogP contribution in [0.4, 0.5) is 0 Å². The van der Waals surface area contributed by atoms with E-state index < -0.39 is 0 Å². The number of carbonyl (C=O) groups excluding carboxylic acids is 1. The van der Waals surface area contributed by atoms with Gasteiger partial charge in [0.15, 0.2) is 5.69 Å². The Labute approximate surface area is 133 Å². The molecule has 6 nitrogen and oxygen atoms in total. The number of nitrogens with one attached hydrogen (secondary N) is 1. The van der Waals surface area contributed by atoms with Gasteiger partial charge < -0.3 is 14.2 Å². The number of aromatic amines is 1. The van der Waals surface area contributed by atoms with Gasteiger partial charge in [0, 0.05) is 30.9 Å². The second-order valence-corrected chi connectivity index (χ2v) is 5.75. The molecule has 4 rings (SSSR count). The van der Waals surface area contributed by atoms with Crippen molar-refractivity contribution in [3.63, 3.8) is 0 Å². The number of morpholine rings is 1. The van der Waals surface area contributed by atoms with E-state index in [2.05, 4.69) is 10.2 Å². The van der Waals surface area contributed by atoms with E-state index in [0.717, 1.165) is 16.6 Å². The van der Waals surface area contributed by atoms with Crippen molar-refractivity contribution in [3.05, 3.63) is 54.0 Å². The molecule has 23 heavy (non-hydrogen) atoms. The first-order valence-electron chi connectivity index (χ1n) is 7.69. The van der Waals surface area contributed by atoms with Gasteiger partial charge in [0.25, 0.3) is 5.91 Å². The van der Waals surface area contributed by atoms with Gasteiger partial charge in [0.1, 0.15) is 0 Å². The maximum atomic E-state index is 13.1. The molecule has 0 spiro atoms. The van der Waals surface area contributed by atoms with Gasteiger partial charge in [-0.15, -0.1) is 0 Å². The van der Waals surface area contributed by atoms with Gasteiger partial charge in [-0.3, -0.25) is 9.89 Å². The third kappa shape index (κ3) is 2.31. The number of benzene rings is 1. The van der Waals surface area contributed by atoms with Crippen LogP contribution in [-0.4, -0.2) is 45.3 Å². The van der Waals surface area contributed by atoms with E-state index >= 15 is 0 Å². The van der Waals surface area contributed by atoms with Crippen molar-refractivity contribution in [2.24, 2.45) is 7.05 Å². The zero-order valence-corrected chi connectivity index (χ0v) is 12.9. The van der Waals surface area contributed by atoms with Gasteiger partial charge in [-0.1, -0.05) is 18.2 Å². The Hall–Kier alpha value is -2.60. The number of ether oxygens (including phenoxy) is 1. The first-order chi connectivity index (χ1) is 11.3. The van der Waals surface area contributed by atoms with Crippen LogP contribution in [0.15, 0.2) is 42.6 Å². The van der Waals surface area contributed by atoms with E-state index in [1.54, 1.807) is 0 Å².